The van der Waals surface area contributed by atoms with Crippen molar-refractivity contribution in [1.82, 2.24) is 24.8 Å². The van der Waals surface area contributed by atoms with E-state index in [1.54, 1.807) is 0 Å². The molecule has 3 unspecified atom stereocenters. The van der Waals surface area contributed by atoms with E-state index in [-0.39, 0.29) is 42.1 Å². The number of aliphatic hydroxyl groups is 3. The molecule has 13 N–H and O–H groups in total. The van der Waals surface area contributed by atoms with Gasteiger partial charge in [0, 0.05) is 19.2 Å². The summed E-state index contributed by atoms with van der Waals surface area (Å²) in [6, 6.07) is 2.79. The molecule has 0 spiro atoms. The Labute approximate surface area is 315 Å². The molecule has 30 heteroatoms. The van der Waals surface area contributed by atoms with Crippen LogP contribution >= 0.6 is 23.5 Å². The minimum absolute atomic E-state index is 0.00219. The molecule has 2 fully saturated rings. The summed E-state index contributed by atoms with van der Waals surface area (Å²) < 4.78 is 75.9. The van der Waals surface area contributed by atoms with Crippen molar-refractivity contribution >= 4 is 52.3 Å². The first-order chi connectivity index (χ1) is 26.3. The van der Waals surface area contributed by atoms with Crippen LogP contribution in [-0.2, 0) is 50.4 Å². The van der Waals surface area contributed by atoms with Crippen LogP contribution in [0.5, 0.6) is 0 Å². The van der Waals surface area contributed by atoms with E-state index < -0.39 is 104 Å². The molecule has 2 amide bonds. The predicted molar refractivity (Wildman–Crippen MR) is 181 cm³/mol. The number of nitrogen functional groups attached to an aromatic ring is 1. The lowest BCUT2D eigenvalue weighted by Crippen LogP contribution is -2.46. The average Bonchev–Trinajstić information content (AvgIpc) is 3.78. The smallest absolute Gasteiger partial charge is 0.387 e. The van der Waals surface area contributed by atoms with E-state index in [4.69, 9.17) is 44.8 Å². The van der Waals surface area contributed by atoms with Crippen LogP contribution in [-0.4, -0.2) is 131 Å². The van der Waals surface area contributed by atoms with Crippen molar-refractivity contribution in [2.75, 3.05) is 38.6 Å². The van der Waals surface area contributed by atoms with Crippen LogP contribution in [0.25, 0.3) is 11.2 Å². The fraction of sp³-hybridized carbons (Fsp3) is 0.538. The van der Waals surface area contributed by atoms with E-state index >= 15 is 0 Å². The number of hydrogen-bond acceptors (Lipinski definition) is 20. The first-order valence-corrected chi connectivity index (χ1v) is 20.7. The molecule has 56 heavy (non-hydrogen) atoms. The number of nitrogens with two attached hydrogens (primary N) is 3. The third kappa shape index (κ3) is 10.7. The van der Waals surface area contributed by atoms with Gasteiger partial charge in [0.05, 0.1) is 32.6 Å². The monoisotopic (exact) mass is 858 g/mol. The second-order valence-corrected chi connectivity index (χ2v) is 16.4. The topological polar surface area (TPSA) is 409 Å². The number of phosphoric ester groups is 3. The van der Waals surface area contributed by atoms with Gasteiger partial charge >= 0.3 is 23.5 Å². The SMILES string of the molecule is NCCNC(=O)CCOP(=O)(O)O[C@@H]1[C@H](O)[C@@H](COP(=O)(O)OP(=O)(O)OC[C@H]2O[C@@H]([n+]3cccc(C(N)=O)c3)[C@H](O)[C@@H]2O)O[C@H]1n1cnc2c(N)ncnc21. The number of pyridine rings is 1. The zero-order valence-electron chi connectivity index (χ0n) is 28.7. The number of hydrogen-bond donors (Lipinski definition) is 10. The number of carbonyl (C=O) groups is 2. The minimum atomic E-state index is -5.58. The predicted octanol–water partition coefficient (Wildman–Crippen LogP) is -3.41. The lowest BCUT2D eigenvalue weighted by Gasteiger charge is -2.24. The third-order valence-electron chi connectivity index (χ3n) is 8.03. The average molecular weight is 859 g/mol. The van der Waals surface area contributed by atoms with Crippen molar-refractivity contribution in [3.63, 3.8) is 0 Å². The summed E-state index contributed by atoms with van der Waals surface area (Å²) in [6.45, 7) is -2.37. The molecule has 5 heterocycles. The largest absolute Gasteiger partial charge is 0.481 e. The van der Waals surface area contributed by atoms with Crippen molar-refractivity contribution in [3.05, 3.63) is 42.7 Å². The highest BCUT2D eigenvalue weighted by Gasteiger charge is 2.52. The van der Waals surface area contributed by atoms with Crippen LogP contribution in [0.15, 0.2) is 37.2 Å². The summed E-state index contributed by atoms with van der Waals surface area (Å²) in [5, 5.41) is 34.5. The molecule has 2 aliphatic heterocycles. The zero-order valence-corrected chi connectivity index (χ0v) is 31.4. The van der Waals surface area contributed by atoms with Gasteiger partial charge in [-0.05, 0) is 6.07 Å². The van der Waals surface area contributed by atoms with E-state index in [9.17, 15) is 53.3 Å². The van der Waals surface area contributed by atoms with Gasteiger partial charge in [-0.1, -0.05) is 0 Å². The summed E-state index contributed by atoms with van der Waals surface area (Å²) in [7, 11) is -16.2. The van der Waals surface area contributed by atoms with Gasteiger partial charge in [0.25, 0.3) is 12.1 Å². The molecule has 0 saturated carbocycles. The normalized spacial score (nSPS) is 28.4. The van der Waals surface area contributed by atoms with Crippen LogP contribution < -0.4 is 27.1 Å². The number of primary amides is 1. The van der Waals surface area contributed by atoms with Crippen LogP contribution in [0.3, 0.4) is 0 Å². The Kier molecular flexibility index (Phi) is 14.1. The maximum Gasteiger partial charge on any atom is 0.481 e. The molecule has 27 nitrogen and oxygen atoms in total. The standard InChI is InChI=1S/C26H38N9O18P3/c27-4-5-30-16(36)3-7-47-54(41,42)52-21-19(38)15(51-26(21)35-12-33-17-22(28)31-11-32-24(17)35)10-49-56(45,46)53-55(43,44)48-9-14-18(37)20(39)25(50-14)34-6-1-2-13(8-34)23(29)40/h1-2,6,8,11-12,14-15,18-21,25-26,37-39H,3-5,7,9-10,27H2,(H7-,28,29,30,31,32,36,40,41,42,43,44,45,46)/p+1/t14-,15-,18-,19-,20-,21-,25-,26-/m1/s1. The van der Waals surface area contributed by atoms with Crippen molar-refractivity contribution in [2.24, 2.45) is 11.5 Å². The fourth-order valence-electron chi connectivity index (χ4n) is 5.41. The number of aromatic nitrogens is 5. The van der Waals surface area contributed by atoms with Crippen LogP contribution in [0, 0.1) is 0 Å². The number of ether oxygens (including phenoxy) is 2. The van der Waals surface area contributed by atoms with Crippen LogP contribution in [0.1, 0.15) is 29.2 Å². The number of phosphoric acid groups is 3. The lowest BCUT2D eigenvalue weighted by atomic mass is 10.1. The molecule has 11 atom stereocenters. The van der Waals surface area contributed by atoms with Gasteiger partial charge in [-0.15, -0.1) is 0 Å². The molecule has 3 aromatic heterocycles. The quantitative estimate of drug-likeness (QED) is 0.0415. The molecule has 0 bridgehead atoms. The number of amides is 2. The van der Waals surface area contributed by atoms with E-state index in [1.807, 2.05) is 0 Å². The van der Waals surface area contributed by atoms with Gasteiger partial charge in [0.15, 0.2) is 36.2 Å². The maximum absolute atomic E-state index is 12.9. The van der Waals surface area contributed by atoms with Gasteiger partial charge in [-0.3, -0.25) is 32.3 Å². The Bertz CT molecular complexity index is 2030. The molecule has 2 aliphatic rings. The van der Waals surface area contributed by atoms with Crippen LogP contribution in [0.4, 0.5) is 5.82 Å². The molecule has 0 aromatic carbocycles. The Morgan fingerprint density at radius 3 is 2.29 bits per heavy atom. The summed E-state index contributed by atoms with van der Waals surface area (Å²) >= 11 is 0. The second-order valence-electron chi connectivity index (χ2n) is 12.0. The molecule has 310 valence electrons. The van der Waals surface area contributed by atoms with E-state index in [2.05, 4.69) is 24.6 Å². The number of fused-ring (bicyclic) bond motifs is 1. The Hall–Kier alpha value is -3.43. The number of aliphatic hydroxyl groups excluding tert-OH is 3. The van der Waals surface area contributed by atoms with Crippen molar-refractivity contribution < 1.29 is 89.7 Å². The van der Waals surface area contributed by atoms with Gasteiger partial charge in [-0.2, -0.15) is 8.88 Å². The van der Waals surface area contributed by atoms with Crippen LogP contribution in [0.2, 0.25) is 0 Å². The molecule has 5 rings (SSSR count). The van der Waals surface area contributed by atoms with E-state index in [0.29, 0.717) is 0 Å². The molecule has 3 aromatic rings. The number of imidazole rings is 1. The fourth-order valence-corrected chi connectivity index (χ4v) is 8.42. The Morgan fingerprint density at radius 2 is 1.62 bits per heavy atom. The first-order valence-electron chi connectivity index (χ1n) is 16.2. The zero-order chi connectivity index (χ0) is 41.0. The number of rotatable bonds is 19. The Morgan fingerprint density at radius 1 is 0.946 bits per heavy atom. The van der Waals surface area contributed by atoms with Gasteiger partial charge < -0.3 is 62.0 Å². The van der Waals surface area contributed by atoms with Crippen molar-refractivity contribution in [1.29, 1.82) is 0 Å². The summed E-state index contributed by atoms with van der Waals surface area (Å²) in [5.74, 6) is -1.41. The highest BCUT2D eigenvalue weighted by Crippen LogP contribution is 2.61. The maximum atomic E-state index is 12.9. The van der Waals surface area contributed by atoms with E-state index in [1.165, 1.54) is 29.1 Å². The summed E-state index contributed by atoms with van der Waals surface area (Å²) in [6.07, 6.45) is -8.86. The highest BCUT2D eigenvalue weighted by molar-refractivity contribution is 7.61. The van der Waals surface area contributed by atoms with Gasteiger partial charge in [-0.25, -0.2) is 28.6 Å². The number of nitrogens with one attached hydrogen (secondary N) is 1. The summed E-state index contributed by atoms with van der Waals surface area (Å²) in [4.78, 5) is 66.2. The molecule has 2 saturated heterocycles. The van der Waals surface area contributed by atoms with Gasteiger partial charge in [0.2, 0.25) is 5.91 Å². The molecule has 0 aliphatic carbocycles. The lowest BCUT2D eigenvalue weighted by molar-refractivity contribution is -0.765. The molecular weight excluding hydrogens is 819 g/mol. The van der Waals surface area contributed by atoms with E-state index in [0.717, 1.165) is 17.2 Å². The highest BCUT2D eigenvalue weighted by atomic mass is 31.3. The van der Waals surface area contributed by atoms with Gasteiger partial charge in [0.1, 0.15) is 47.9 Å². The second kappa shape index (κ2) is 18.0. The first kappa shape index (κ1) is 43.7. The molecule has 0 radical (unpaired) electrons. The van der Waals surface area contributed by atoms with Crippen molar-refractivity contribution in [2.45, 2.75) is 55.5 Å². The number of anilines is 1. The van der Waals surface area contributed by atoms with Crippen molar-refractivity contribution in [3.8, 4) is 0 Å². The third-order valence-corrected chi connectivity index (χ3v) is 11.6. The number of carbonyl (C=O) groups excluding carboxylic acids is 2. The molecular formula is C26H39N9O18P3+. The Balaban J connectivity index is 1.22. The summed E-state index contributed by atoms with van der Waals surface area (Å²) in [5.41, 5.74) is 16.5. The minimum Gasteiger partial charge on any atom is -0.387 e. The number of nitrogens with zero attached hydrogens (tertiary/aromatic N) is 5.